The van der Waals surface area contributed by atoms with Crippen molar-refractivity contribution in [3.8, 4) is 0 Å². The molecule has 0 atom stereocenters. The van der Waals surface area contributed by atoms with E-state index in [1.807, 2.05) is 49.4 Å². The SMILES string of the molecule is CCc1nnc(NC(=O)c2c3c(nc4ccccc24)C(=Cc2ccccc2)CC3)s1. The lowest BCUT2D eigenvalue weighted by Gasteiger charge is -2.12. The molecule has 1 N–H and O–H groups in total. The van der Waals surface area contributed by atoms with Crippen molar-refractivity contribution in [2.24, 2.45) is 0 Å². The van der Waals surface area contributed by atoms with Gasteiger partial charge in [0.2, 0.25) is 5.13 Å². The lowest BCUT2D eigenvalue weighted by atomic mass is 10.00. The predicted molar refractivity (Wildman–Crippen MR) is 122 cm³/mol. The molecule has 5 nitrogen and oxygen atoms in total. The van der Waals surface area contributed by atoms with Gasteiger partial charge in [0.15, 0.2) is 0 Å². The minimum atomic E-state index is -0.149. The third-order valence-corrected chi connectivity index (χ3v) is 6.28. The smallest absolute Gasteiger partial charge is 0.258 e. The number of nitrogens with zero attached hydrogens (tertiary/aromatic N) is 3. The molecular formula is C24H20N4OS. The number of rotatable bonds is 4. The largest absolute Gasteiger partial charge is 0.296 e. The van der Waals surface area contributed by atoms with Crippen LogP contribution in [0.25, 0.3) is 22.6 Å². The van der Waals surface area contributed by atoms with Crippen molar-refractivity contribution in [2.45, 2.75) is 26.2 Å². The average molecular weight is 413 g/mol. The van der Waals surface area contributed by atoms with E-state index in [1.54, 1.807) is 0 Å². The standard InChI is InChI=1S/C24H20N4OS/c1-2-20-27-28-24(30-20)26-23(29)21-17-10-6-7-11-19(17)25-22-16(12-13-18(21)22)14-15-8-4-3-5-9-15/h3-11,14H,2,12-13H2,1H3,(H,26,28,29). The van der Waals surface area contributed by atoms with Crippen LogP contribution in [-0.2, 0) is 12.8 Å². The number of nitrogens with one attached hydrogen (secondary N) is 1. The zero-order valence-corrected chi connectivity index (χ0v) is 17.4. The first-order valence-corrected chi connectivity index (χ1v) is 10.9. The van der Waals surface area contributed by atoms with Crippen LogP contribution in [-0.4, -0.2) is 21.1 Å². The van der Waals surface area contributed by atoms with Crippen LogP contribution in [0.2, 0.25) is 0 Å². The number of aromatic nitrogens is 3. The molecule has 30 heavy (non-hydrogen) atoms. The summed E-state index contributed by atoms with van der Waals surface area (Å²) in [4.78, 5) is 18.3. The van der Waals surface area contributed by atoms with Crippen molar-refractivity contribution in [3.63, 3.8) is 0 Å². The first-order valence-electron chi connectivity index (χ1n) is 10.0. The summed E-state index contributed by atoms with van der Waals surface area (Å²) in [6.07, 6.45) is 4.64. The molecule has 0 aliphatic heterocycles. The topological polar surface area (TPSA) is 67.8 Å². The number of anilines is 1. The Kier molecular flexibility index (Phi) is 4.85. The van der Waals surface area contributed by atoms with E-state index in [2.05, 4.69) is 33.7 Å². The molecule has 1 aliphatic carbocycles. The minimum absolute atomic E-state index is 0.149. The van der Waals surface area contributed by atoms with E-state index < -0.39 is 0 Å². The highest BCUT2D eigenvalue weighted by Crippen LogP contribution is 2.37. The Morgan fingerprint density at radius 3 is 2.67 bits per heavy atom. The number of para-hydroxylation sites is 1. The van der Waals surface area contributed by atoms with E-state index in [4.69, 9.17) is 4.98 Å². The van der Waals surface area contributed by atoms with E-state index in [-0.39, 0.29) is 5.91 Å². The Morgan fingerprint density at radius 1 is 1.07 bits per heavy atom. The van der Waals surface area contributed by atoms with Gasteiger partial charge in [0.05, 0.1) is 16.8 Å². The minimum Gasteiger partial charge on any atom is -0.296 e. The summed E-state index contributed by atoms with van der Waals surface area (Å²) in [5.74, 6) is -0.149. The van der Waals surface area contributed by atoms with E-state index in [0.717, 1.165) is 52.0 Å². The molecule has 2 heterocycles. The molecule has 0 radical (unpaired) electrons. The van der Waals surface area contributed by atoms with Crippen LogP contribution < -0.4 is 5.32 Å². The van der Waals surface area contributed by atoms with Crippen LogP contribution in [0.1, 0.15) is 45.5 Å². The fourth-order valence-corrected chi connectivity index (χ4v) is 4.57. The Morgan fingerprint density at radius 2 is 1.87 bits per heavy atom. The number of carbonyl (C=O) groups excluding carboxylic acids is 1. The average Bonchev–Trinajstić information content (AvgIpc) is 3.39. The van der Waals surface area contributed by atoms with E-state index in [0.29, 0.717) is 10.7 Å². The highest BCUT2D eigenvalue weighted by Gasteiger charge is 2.27. The van der Waals surface area contributed by atoms with Gasteiger partial charge in [0, 0.05) is 5.39 Å². The third-order valence-electron chi connectivity index (χ3n) is 5.30. The quantitative estimate of drug-likeness (QED) is 0.488. The Labute approximate surface area is 178 Å². The summed E-state index contributed by atoms with van der Waals surface area (Å²) in [5.41, 5.74) is 5.76. The van der Waals surface area contributed by atoms with Crippen molar-refractivity contribution >= 4 is 44.9 Å². The molecule has 0 saturated carbocycles. The molecule has 0 spiro atoms. The fraction of sp³-hybridized carbons (Fsp3) is 0.167. The summed E-state index contributed by atoms with van der Waals surface area (Å²) in [7, 11) is 0. The molecule has 2 aromatic heterocycles. The van der Waals surface area contributed by atoms with Gasteiger partial charge in [-0.15, -0.1) is 10.2 Å². The normalized spacial score (nSPS) is 14.2. The maximum Gasteiger partial charge on any atom is 0.258 e. The number of fused-ring (bicyclic) bond motifs is 2. The number of pyridine rings is 1. The number of benzene rings is 2. The molecular weight excluding hydrogens is 392 g/mol. The number of hydrogen-bond acceptors (Lipinski definition) is 5. The van der Waals surface area contributed by atoms with Crippen molar-refractivity contribution in [3.05, 3.63) is 82.0 Å². The Hall–Kier alpha value is -3.38. The molecule has 0 fully saturated rings. The van der Waals surface area contributed by atoms with Crippen LogP contribution in [0.4, 0.5) is 5.13 Å². The van der Waals surface area contributed by atoms with Gasteiger partial charge in [0.25, 0.3) is 5.91 Å². The first kappa shape index (κ1) is 18.6. The van der Waals surface area contributed by atoms with E-state index in [9.17, 15) is 4.79 Å². The number of allylic oxidation sites excluding steroid dienone is 1. The summed E-state index contributed by atoms with van der Waals surface area (Å²) in [5, 5.41) is 13.5. The van der Waals surface area contributed by atoms with E-state index in [1.165, 1.54) is 16.9 Å². The van der Waals surface area contributed by atoms with Crippen LogP contribution >= 0.6 is 11.3 Å². The molecule has 5 rings (SSSR count). The van der Waals surface area contributed by atoms with Crippen LogP contribution in [0, 0.1) is 0 Å². The lowest BCUT2D eigenvalue weighted by Crippen LogP contribution is -2.15. The molecule has 148 valence electrons. The van der Waals surface area contributed by atoms with Crippen LogP contribution in [0.5, 0.6) is 0 Å². The molecule has 1 amide bonds. The zero-order chi connectivity index (χ0) is 20.5. The molecule has 0 bridgehead atoms. The fourth-order valence-electron chi connectivity index (χ4n) is 3.90. The van der Waals surface area contributed by atoms with Crippen molar-refractivity contribution < 1.29 is 4.79 Å². The van der Waals surface area contributed by atoms with Gasteiger partial charge in [0.1, 0.15) is 5.01 Å². The highest BCUT2D eigenvalue weighted by atomic mass is 32.1. The van der Waals surface area contributed by atoms with Gasteiger partial charge in [-0.25, -0.2) is 4.98 Å². The molecule has 0 unspecified atom stereocenters. The Balaban J connectivity index is 1.61. The molecule has 1 aliphatic rings. The lowest BCUT2D eigenvalue weighted by molar-refractivity contribution is 0.102. The predicted octanol–water partition coefficient (Wildman–Crippen LogP) is 5.39. The maximum atomic E-state index is 13.3. The first-order chi connectivity index (χ1) is 14.7. The number of hydrogen-bond donors (Lipinski definition) is 1. The second-order valence-corrected chi connectivity index (χ2v) is 8.28. The second kappa shape index (κ2) is 7.80. The van der Waals surface area contributed by atoms with Gasteiger partial charge in [-0.05, 0) is 48.1 Å². The second-order valence-electron chi connectivity index (χ2n) is 7.22. The van der Waals surface area contributed by atoms with Crippen LogP contribution in [0.15, 0.2) is 54.6 Å². The maximum absolute atomic E-state index is 13.3. The summed E-state index contributed by atoms with van der Waals surface area (Å²) >= 11 is 1.42. The van der Waals surface area contributed by atoms with Gasteiger partial charge in [-0.1, -0.05) is 66.8 Å². The van der Waals surface area contributed by atoms with Gasteiger partial charge in [-0.3, -0.25) is 10.1 Å². The van der Waals surface area contributed by atoms with Gasteiger partial charge < -0.3 is 0 Å². The van der Waals surface area contributed by atoms with Crippen molar-refractivity contribution in [1.82, 2.24) is 15.2 Å². The summed E-state index contributed by atoms with van der Waals surface area (Å²) in [6.45, 7) is 2.02. The molecule has 6 heteroatoms. The zero-order valence-electron chi connectivity index (χ0n) is 16.6. The van der Waals surface area contributed by atoms with Crippen LogP contribution in [0.3, 0.4) is 0 Å². The molecule has 4 aromatic rings. The number of carbonyl (C=O) groups is 1. The molecule has 0 saturated heterocycles. The monoisotopic (exact) mass is 412 g/mol. The number of aryl methyl sites for hydroxylation is 1. The van der Waals surface area contributed by atoms with Gasteiger partial charge >= 0.3 is 0 Å². The summed E-state index contributed by atoms with van der Waals surface area (Å²) in [6, 6.07) is 18.1. The van der Waals surface area contributed by atoms with Gasteiger partial charge in [-0.2, -0.15) is 0 Å². The van der Waals surface area contributed by atoms with E-state index >= 15 is 0 Å². The van der Waals surface area contributed by atoms with Crippen molar-refractivity contribution in [1.29, 1.82) is 0 Å². The summed E-state index contributed by atoms with van der Waals surface area (Å²) < 4.78 is 0. The highest BCUT2D eigenvalue weighted by molar-refractivity contribution is 7.15. The third kappa shape index (κ3) is 3.39. The molecule has 2 aromatic carbocycles. The van der Waals surface area contributed by atoms with Crippen molar-refractivity contribution in [2.75, 3.05) is 5.32 Å². The Bertz CT molecular complexity index is 1280. The number of amides is 1.